The highest BCUT2D eigenvalue weighted by Gasteiger charge is 2.46. The first-order valence-corrected chi connectivity index (χ1v) is 6.94. The van der Waals surface area contributed by atoms with Crippen LogP contribution in [-0.2, 0) is 4.74 Å². The molecule has 94 valence electrons. The Balaban J connectivity index is 2.11. The molecule has 0 bridgehead atoms. The predicted molar refractivity (Wildman–Crippen MR) is 65.3 cm³/mol. The van der Waals surface area contributed by atoms with E-state index < -0.39 is 5.60 Å². The topological polar surface area (TPSA) is 29.5 Å². The van der Waals surface area contributed by atoms with Crippen molar-refractivity contribution in [3.05, 3.63) is 0 Å². The lowest BCUT2D eigenvalue weighted by molar-refractivity contribution is -0.142. The van der Waals surface area contributed by atoms with Crippen LogP contribution in [0.15, 0.2) is 0 Å². The summed E-state index contributed by atoms with van der Waals surface area (Å²) >= 11 is 0. The summed E-state index contributed by atoms with van der Waals surface area (Å²) in [6.07, 6.45) is 6.95. The van der Waals surface area contributed by atoms with Gasteiger partial charge in [-0.15, -0.1) is 0 Å². The quantitative estimate of drug-likeness (QED) is 0.784. The molecule has 3 atom stereocenters. The molecule has 0 spiro atoms. The molecule has 2 nitrogen and oxygen atoms in total. The zero-order chi connectivity index (χ0) is 11.6. The normalized spacial score (nSPS) is 41.2. The molecule has 0 aromatic rings. The SMILES string of the molecule is CC(C)C1CCCCC1(O)C1CCCOC1. The standard InChI is InChI=1S/C14H26O2/c1-11(2)13-7-3-4-8-14(13,15)12-6-5-9-16-10-12/h11-13,15H,3-10H2,1-2H3. The van der Waals surface area contributed by atoms with E-state index in [1.807, 2.05) is 0 Å². The lowest BCUT2D eigenvalue weighted by Gasteiger charge is -2.48. The van der Waals surface area contributed by atoms with Crippen LogP contribution in [0.4, 0.5) is 0 Å². The van der Waals surface area contributed by atoms with Crippen LogP contribution in [0.2, 0.25) is 0 Å². The van der Waals surface area contributed by atoms with E-state index in [9.17, 15) is 5.11 Å². The molecule has 0 radical (unpaired) electrons. The molecule has 0 aromatic carbocycles. The summed E-state index contributed by atoms with van der Waals surface area (Å²) in [6.45, 7) is 6.17. The number of ether oxygens (including phenoxy) is 1. The number of aliphatic hydroxyl groups is 1. The second-order valence-corrected chi connectivity index (χ2v) is 6.00. The summed E-state index contributed by atoms with van der Waals surface area (Å²) in [7, 11) is 0. The Bertz CT molecular complexity index is 221. The largest absolute Gasteiger partial charge is 0.389 e. The first kappa shape index (κ1) is 12.4. The van der Waals surface area contributed by atoms with Crippen LogP contribution in [0.25, 0.3) is 0 Å². The minimum absolute atomic E-state index is 0.383. The van der Waals surface area contributed by atoms with Gasteiger partial charge in [-0.1, -0.05) is 26.7 Å². The minimum atomic E-state index is -0.438. The summed E-state index contributed by atoms with van der Waals surface area (Å²) in [6, 6.07) is 0. The fourth-order valence-electron chi connectivity index (χ4n) is 3.76. The third kappa shape index (κ3) is 2.28. The molecule has 2 heteroatoms. The molecule has 2 rings (SSSR count). The average Bonchev–Trinajstić information content (AvgIpc) is 2.30. The van der Waals surface area contributed by atoms with E-state index in [2.05, 4.69) is 13.8 Å². The van der Waals surface area contributed by atoms with Crippen molar-refractivity contribution in [2.45, 2.75) is 58.0 Å². The predicted octanol–water partition coefficient (Wildman–Crippen LogP) is 2.99. The van der Waals surface area contributed by atoms with Crippen molar-refractivity contribution < 1.29 is 9.84 Å². The van der Waals surface area contributed by atoms with Gasteiger partial charge in [0.05, 0.1) is 12.2 Å². The molecule has 0 aromatic heterocycles. The molecule has 1 saturated carbocycles. The van der Waals surface area contributed by atoms with Crippen molar-refractivity contribution in [1.29, 1.82) is 0 Å². The molecule has 3 unspecified atom stereocenters. The Hall–Kier alpha value is -0.0800. The van der Waals surface area contributed by atoms with Gasteiger partial charge in [0.25, 0.3) is 0 Å². The van der Waals surface area contributed by atoms with Gasteiger partial charge in [0.15, 0.2) is 0 Å². The second kappa shape index (κ2) is 5.05. The molecular weight excluding hydrogens is 200 g/mol. The number of hydrogen-bond donors (Lipinski definition) is 1. The van der Waals surface area contributed by atoms with Crippen molar-refractivity contribution in [3.63, 3.8) is 0 Å². The summed E-state index contributed by atoms with van der Waals surface area (Å²) in [5, 5.41) is 11.0. The molecule has 16 heavy (non-hydrogen) atoms. The fraction of sp³-hybridized carbons (Fsp3) is 1.00. The lowest BCUT2D eigenvalue weighted by atomic mass is 9.63. The third-order valence-corrected chi connectivity index (χ3v) is 4.66. The third-order valence-electron chi connectivity index (χ3n) is 4.66. The van der Waals surface area contributed by atoms with Gasteiger partial charge in [-0.3, -0.25) is 0 Å². The lowest BCUT2D eigenvalue weighted by Crippen LogP contribution is -2.51. The van der Waals surface area contributed by atoms with E-state index >= 15 is 0 Å². The van der Waals surface area contributed by atoms with E-state index in [-0.39, 0.29) is 0 Å². The summed E-state index contributed by atoms with van der Waals surface area (Å²) in [5.41, 5.74) is -0.438. The van der Waals surface area contributed by atoms with Gasteiger partial charge in [-0.05, 0) is 37.5 Å². The highest BCUT2D eigenvalue weighted by molar-refractivity contribution is 4.97. The van der Waals surface area contributed by atoms with Gasteiger partial charge in [-0.2, -0.15) is 0 Å². The van der Waals surface area contributed by atoms with Crippen LogP contribution in [0, 0.1) is 17.8 Å². The Morgan fingerprint density at radius 3 is 2.62 bits per heavy atom. The van der Waals surface area contributed by atoms with Crippen LogP contribution in [0.3, 0.4) is 0 Å². The van der Waals surface area contributed by atoms with Gasteiger partial charge < -0.3 is 9.84 Å². The molecular formula is C14H26O2. The molecule has 0 amide bonds. The van der Waals surface area contributed by atoms with Crippen LogP contribution in [0.1, 0.15) is 52.4 Å². The van der Waals surface area contributed by atoms with E-state index in [1.165, 1.54) is 19.3 Å². The van der Waals surface area contributed by atoms with E-state index in [4.69, 9.17) is 4.74 Å². The second-order valence-electron chi connectivity index (χ2n) is 6.00. The van der Waals surface area contributed by atoms with Crippen LogP contribution in [-0.4, -0.2) is 23.9 Å². The Morgan fingerprint density at radius 1 is 1.19 bits per heavy atom. The van der Waals surface area contributed by atoms with E-state index in [0.717, 1.165) is 32.5 Å². The maximum Gasteiger partial charge on any atom is 0.0728 e. The first-order valence-electron chi connectivity index (χ1n) is 6.94. The molecule has 1 aliphatic carbocycles. The molecule has 2 fully saturated rings. The monoisotopic (exact) mass is 226 g/mol. The molecule has 1 N–H and O–H groups in total. The minimum Gasteiger partial charge on any atom is -0.389 e. The molecule has 1 heterocycles. The Kier molecular flexibility index (Phi) is 3.91. The number of hydrogen-bond acceptors (Lipinski definition) is 2. The molecule has 1 aliphatic heterocycles. The smallest absolute Gasteiger partial charge is 0.0728 e. The molecule has 1 saturated heterocycles. The van der Waals surface area contributed by atoms with Gasteiger partial charge >= 0.3 is 0 Å². The van der Waals surface area contributed by atoms with Crippen LogP contribution < -0.4 is 0 Å². The Labute approximate surface area is 99.4 Å². The van der Waals surface area contributed by atoms with Gasteiger partial charge in [-0.25, -0.2) is 0 Å². The van der Waals surface area contributed by atoms with Crippen LogP contribution in [0.5, 0.6) is 0 Å². The van der Waals surface area contributed by atoms with Gasteiger partial charge in [0, 0.05) is 12.5 Å². The summed E-state index contributed by atoms with van der Waals surface area (Å²) in [4.78, 5) is 0. The maximum atomic E-state index is 11.0. The van der Waals surface area contributed by atoms with Crippen molar-refractivity contribution in [2.24, 2.45) is 17.8 Å². The van der Waals surface area contributed by atoms with Crippen LogP contribution >= 0.6 is 0 Å². The molecule has 2 aliphatic rings. The zero-order valence-electron chi connectivity index (χ0n) is 10.7. The fourth-order valence-corrected chi connectivity index (χ4v) is 3.76. The summed E-state index contributed by atoms with van der Waals surface area (Å²) in [5.74, 6) is 1.45. The van der Waals surface area contributed by atoms with Crippen molar-refractivity contribution in [1.82, 2.24) is 0 Å². The average molecular weight is 226 g/mol. The highest BCUT2D eigenvalue weighted by atomic mass is 16.5. The van der Waals surface area contributed by atoms with Crippen molar-refractivity contribution in [2.75, 3.05) is 13.2 Å². The van der Waals surface area contributed by atoms with E-state index in [0.29, 0.717) is 17.8 Å². The Morgan fingerprint density at radius 2 is 2.00 bits per heavy atom. The van der Waals surface area contributed by atoms with Gasteiger partial charge in [0.2, 0.25) is 0 Å². The van der Waals surface area contributed by atoms with Crippen molar-refractivity contribution >= 4 is 0 Å². The van der Waals surface area contributed by atoms with Crippen molar-refractivity contribution in [3.8, 4) is 0 Å². The zero-order valence-corrected chi connectivity index (χ0v) is 10.7. The highest BCUT2D eigenvalue weighted by Crippen LogP contribution is 2.45. The maximum absolute atomic E-state index is 11.0. The first-order chi connectivity index (χ1) is 7.64. The number of rotatable bonds is 2. The van der Waals surface area contributed by atoms with E-state index in [1.54, 1.807) is 0 Å². The summed E-state index contributed by atoms with van der Waals surface area (Å²) < 4.78 is 5.57. The van der Waals surface area contributed by atoms with Gasteiger partial charge in [0.1, 0.15) is 0 Å².